The number of para-hydroxylation sites is 2. The third-order valence-corrected chi connectivity index (χ3v) is 4.72. The molecule has 2 aliphatic rings. The molecule has 2 heterocycles. The van der Waals surface area contributed by atoms with Crippen molar-refractivity contribution < 1.29 is 19.1 Å². The number of anilines is 1. The van der Waals surface area contributed by atoms with Gasteiger partial charge in [-0.3, -0.25) is 14.5 Å². The third-order valence-electron chi connectivity index (χ3n) is 4.72. The van der Waals surface area contributed by atoms with E-state index in [9.17, 15) is 9.59 Å². The number of amides is 1. The van der Waals surface area contributed by atoms with Crippen LogP contribution in [0.3, 0.4) is 0 Å². The number of fused-ring (bicyclic) bond motifs is 3. The van der Waals surface area contributed by atoms with Crippen LogP contribution < -0.4 is 9.64 Å². The van der Waals surface area contributed by atoms with E-state index in [1.165, 1.54) is 7.11 Å². The van der Waals surface area contributed by atoms with Gasteiger partial charge in [-0.05, 0) is 17.7 Å². The molecule has 24 heavy (non-hydrogen) atoms. The SMILES string of the molecule is COC(=O)[C@H]1C(=O)N2c3ccccc3O[C@H]2C[C@@H]1c1ccccc1. The van der Waals surface area contributed by atoms with Crippen molar-refractivity contribution in [2.45, 2.75) is 18.6 Å². The molecule has 122 valence electrons. The fraction of sp³-hybridized carbons (Fsp3) is 0.263. The van der Waals surface area contributed by atoms with E-state index < -0.39 is 11.9 Å². The normalized spacial score (nSPS) is 24.8. The molecule has 0 spiro atoms. The summed E-state index contributed by atoms with van der Waals surface area (Å²) in [4.78, 5) is 27.0. The molecule has 1 saturated heterocycles. The van der Waals surface area contributed by atoms with Crippen molar-refractivity contribution in [3.63, 3.8) is 0 Å². The summed E-state index contributed by atoms with van der Waals surface area (Å²) in [6.07, 6.45) is 0.158. The number of hydrogen-bond acceptors (Lipinski definition) is 4. The largest absolute Gasteiger partial charge is 0.468 e. The van der Waals surface area contributed by atoms with Gasteiger partial charge in [0.2, 0.25) is 5.91 Å². The van der Waals surface area contributed by atoms with Gasteiger partial charge >= 0.3 is 5.97 Å². The van der Waals surface area contributed by atoms with Gasteiger partial charge in [-0.15, -0.1) is 0 Å². The van der Waals surface area contributed by atoms with Gasteiger partial charge in [-0.2, -0.15) is 0 Å². The van der Waals surface area contributed by atoms with E-state index in [2.05, 4.69) is 0 Å². The van der Waals surface area contributed by atoms with Crippen LogP contribution in [0.15, 0.2) is 54.6 Å². The summed E-state index contributed by atoms with van der Waals surface area (Å²) >= 11 is 0. The number of hydrogen-bond donors (Lipinski definition) is 0. The molecule has 0 bridgehead atoms. The first kappa shape index (κ1) is 14.8. The minimum absolute atomic E-state index is 0.262. The topological polar surface area (TPSA) is 55.8 Å². The summed E-state index contributed by atoms with van der Waals surface area (Å²) < 4.78 is 10.9. The van der Waals surface area contributed by atoms with Crippen LogP contribution in [0, 0.1) is 5.92 Å². The maximum atomic E-state index is 13.1. The van der Waals surface area contributed by atoms with Gasteiger partial charge in [0.1, 0.15) is 11.7 Å². The summed E-state index contributed by atoms with van der Waals surface area (Å²) in [5.41, 5.74) is 1.66. The Morgan fingerprint density at radius 2 is 1.83 bits per heavy atom. The van der Waals surface area contributed by atoms with Crippen LogP contribution in [0.25, 0.3) is 0 Å². The Hall–Kier alpha value is -2.82. The number of ether oxygens (including phenoxy) is 2. The number of rotatable bonds is 2. The van der Waals surface area contributed by atoms with Crippen molar-refractivity contribution in [3.05, 3.63) is 60.2 Å². The molecular formula is C19H17NO4. The van der Waals surface area contributed by atoms with Gasteiger partial charge in [0.25, 0.3) is 0 Å². The smallest absolute Gasteiger partial charge is 0.318 e. The molecule has 3 atom stereocenters. The van der Waals surface area contributed by atoms with Crippen LogP contribution >= 0.6 is 0 Å². The monoisotopic (exact) mass is 323 g/mol. The molecule has 1 amide bonds. The number of nitrogens with zero attached hydrogens (tertiary/aromatic N) is 1. The molecule has 5 nitrogen and oxygen atoms in total. The highest BCUT2D eigenvalue weighted by Crippen LogP contribution is 2.46. The number of methoxy groups -OCH3 is 1. The molecule has 5 heteroatoms. The van der Waals surface area contributed by atoms with Gasteiger partial charge in [0, 0.05) is 12.3 Å². The minimum Gasteiger partial charge on any atom is -0.468 e. The zero-order valence-electron chi connectivity index (χ0n) is 13.2. The first-order valence-electron chi connectivity index (χ1n) is 7.92. The number of esters is 1. The van der Waals surface area contributed by atoms with Crippen molar-refractivity contribution >= 4 is 17.6 Å². The van der Waals surface area contributed by atoms with E-state index in [0.29, 0.717) is 17.9 Å². The molecule has 2 aromatic carbocycles. The summed E-state index contributed by atoms with van der Waals surface area (Å²) in [5, 5.41) is 0. The predicted molar refractivity (Wildman–Crippen MR) is 87.7 cm³/mol. The fourth-order valence-electron chi connectivity index (χ4n) is 3.62. The van der Waals surface area contributed by atoms with E-state index in [4.69, 9.17) is 9.47 Å². The molecule has 0 saturated carbocycles. The van der Waals surface area contributed by atoms with Gasteiger partial charge in [0.15, 0.2) is 6.23 Å². The third kappa shape index (κ3) is 2.16. The predicted octanol–water partition coefficient (Wildman–Crippen LogP) is 2.71. The second kappa shape index (κ2) is 5.67. The zero-order valence-corrected chi connectivity index (χ0v) is 13.2. The second-order valence-corrected chi connectivity index (χ2v) is 6.00. The van der Waals surface area contributed by atoms with E-state index in [0.717, 1.165) is 5.56 Å². The molecule has 0 aliphatic carbocycles. The van der Waals surface area contributed by atoms with E-state index in [1.54, 1.807) is 4.90 Å². The van der Waals surface area contributed by atoms with Crippen LogP contribution in [-0.2, 0) is 14.3 Å². The molecular weight excluding hydrogens is 306 g/mol. The average molecular weight is 323 g/mol. The molecule has 0 N–H and O–H groups in total. The number of carbonyl (C=O) groups excluding carboxylic acids is 2. The Bertz CT molecular complexity index is 789. The maximum absolute atomic E-state index is 13.1. The van der Waals surface area contributed by atoms with Crippen molar-refractivity contribution in [2.75, 3.05) is 12.0 Å². The van der Waals surface area contributed by atoms with Crippen molar-refractivity contribution in [1.82, 2.24) is 0 Å². The van der Waals surface area contributed by atoms with Crippen molar-refractivity contribution in [3.8, 4) is 5.75 Å². The van der Waals surface area contributed by atoms with E-state index in [1.807, 2.05) is 54.6 Å². The number of piperidine rings is 1. The Labute approximate surface area is 139 Å². The Morgan fingerprint density at radius 1 is 1.12 bits per heavy atom. The fourth-order valence-corrected chi connectivity index (χ4v) is 3.62. The van der Waals surface area contributed by atoms with Gasteiger partial charge in [0.05, 0.1) is 12.8 Å². The van der Waals surface area contributed by atoms with E-state index >= 15 is 0 Å². The molecule has 2 aliphatic heterocycles. The quantitative estimate of drug-likeness (QED) is 0.630. The van der Waals surface area contributed by atoms with Crippen LogP contribution in [0.5, 0.6) is 5.75 Å². The molecule has 1 fully saturated rings. The van der Waals surface area contributed by atoms with Crippen molar-refractivity contribution in [2.24, 2.45) is 5.92 Å². The summed E-state index contributed by atoms with van der Waals surface area (Å²) in [6.45, 7) is 0. The van der Waals surface area contributed by atoms with Gasteiger partial charge < -0.3 is 9.47 Å². The van der Waals surface area contributed by atoms with Gasteiger partial charge in [-0.1, -0.05) is 42.5 Å². The Kier molecular flexibility index (Phi) is 3.49. The minimum atomic E-state index is -0.858. The van der Waals surface area contributed by atoms with Crippen LogP contribution in [0.2, 0.25) is 0 Å². The van der Waals surface area contributed by atoms with Crippen molar-refractivity contribution in [1.29, 1.82) is 0 Å². The van der Waals surface area contributed by atoms with Crippen LogP contribution in [-0.4, -0.2) is 25.2 Å². The summed E-state index contributed by atoms with van der Waals surface area (Å²) in [5.74, 6) is -1.22. The Morgan fingerprint density at radius 3 is 2.58 bits per heavy atom. The highest BCUT2D eigenvalue weighted by Gasteiger charge is 2.51. The second-order valence-electron chi connectivity index (χ2n) is 6.00. The lowest BCUT2D eigenvalue weighted by Gasteiger charge is -2.37. The van der Waals surface area contributed by atoms with E-state index in [-0.39, 0.29) is 18.1 Å². The molecule has 2 aromatic rings. The first-order valence-corrected chi connectivity index (χ1v) is 7.92. The number of benzene rings is 2. The first-order chi connectivity index (χ1) is 11.7. The summed E-state index contributed by atoms with van der Waals surface area (Å²) in [7, 11) is 1.32. The zero-order chi connectivity index (χ0) is 16.7. The summed E-state index contributed by atoms with van der Waals surface area (Å²) in [6, 6.07) is 17.0. The van der Waals surface area contributed by atoms with Gasteiger partial charge in [-0.25, -0.2) is 0 Å². The average Bonchev–Trinajstić information content (AvgIpc) is 3.00. The molecule has 4 rings (SSSR count). The lowest BCUT2D eigenvalue weighted by Crippen LogP contribution is -2.53. The maximum Gasteiger partial charge on any atom is 0.318 e. The highest BCUT2D eigenvalue weighted by molar-refractivity contribution is 6.09. The van der Waals surface area contributed by atoms with Crippen LogP contribution in [0.4, 0.5) is 5.69 Å². The lowest BCUT2D eigenvalue weighted by molar-refractivity contribution is -0.152. The highest BCUT2D eigenvalue weighted by atomic mass is 16.5. The molecule has 0 radical (unpaired) electrons. The molecule has 0 aromatic heterocycles. The molecule has 0 unspecified atom stereocenters. The standard InChI is InChI=1S/C19H17NO4/c1-23-19(22)17-13(12-7-3-2-4-8-12)11-16-20(18(17)21)14-9-5-6-10-15(14)24-16/h2-10,13,16-17H,11H2,1H3/t13-,16+,17-/m1/s1. The lowest BCUT2D eigenvalue weighted by atomic mass is 9.79. The Balaban J connectivity index is 1.77. The van der Waals surface area contributed by atoms with Crippen LogP contribution in [0.1, 0.15) is 17.9 Å². The number of carbonyl (C=O) groups is 2.